The quantitative estimate of drug-likeness (QED) is 0.123. The minimum atomic E-state index is -1.13. The van der Waals surface area contributed by atoms with Crippen LogP contribution in [0, 0.1) is 0 Å². The number of nitrogens with zero attached hydrogens (tertiary/aromatic N) is 1. The fraction of sp³-hybridized carbons (Fsp3) is 0.500. The lowest BCUT2D eigenvalue weighted by Crippen LogP contribution is -2.54. The number of carbonyl (C=O) groups excluding carboxylic acids is 2. The molecule has 10 nitrogen and oxygen atoms in total. The molecule has 0 heterocycles. The standard InChI is InChI=1S/C20H32N6O4S/c1-31-11-9-16(19(29)30)26-18(28)15(8-5-10-24-20(22)23)25-17(27)14(21)12-13-6-3-2-4-7-13/h2-4,6-7,14-16H,5,8-12,21H2,1H3,(H,25,27)(H,26,28)(H,29,30)(H4,22,23,24). The van der Waals surface area contributed by atoms with E-state index in [1.54, 1.807) is 0 Å². The summed E-state index contributed by atoms with van der Waals surface area (Å²) >= 11 is 1.48. The van der Waals surface area contributed by atoms with E-state index in [0.29, 0.717) is 18.6 Å². The molecule has 0 saturated heterocycles. The van der Waals surface area contributed by atoms with E-state index in [0.717, 1.165) is 5.56 Å². The number of aliphatic carboxylic acids is 1. The molecule has 0 aliphatic heterocycles. The van der Waals surface area contributed by atoms with Crippen molar-refractivity contribution >= 4 is 35.5 Å². The molecule has 1 rings (SSSR count). The number of hydrogen-bond acceptors (Lipinski definition) is 6. The minimum Gasteiger partial charge on any atom is -0.480 e. The third kappa shape index (κ3) is 10.7. The second kappa shape index (κ2) is 14.3. The van der Waals surface area contributed by atoms with Crippen molar-refractivity contribution < 1.29 is 19.5 Å². The van der Waals surface area contributed by atoms with E-state index in [4.69, 9.17) is 17.2 Å². The van der Waals surface area contributed by atoms with E-state index in [1.807, 2.05) is 36.6 Å². The van der Waals surface area contributed by atoms with E-state index in [1.165, 1.54) is 11.8 Å². The van der Waals surface area contributed by atoms with Crippen LogP contribution >= 0.6 is 11.8 Å². The molecular weight excluding hydrogens is 420 g/mol. The Morgan fingerprint density at radius 3 is 2.29 bits per heavy atom. The Morgan fingerprint density at radius 2 is 1.71 bits per heavy atom. The molecule has 0 spiro atoms. The number of aliphatic imine (C=N–C) groups is 1. The van der Waals surface area contributed by atoms with Gasteiger partial charge in [-0.1, -0.05) is 30.3 Å². The molecule has 0 fully saturated rings. The van der Waals surface area contributed by atoms with Gasteiger partial charge in [0.25, 0.3) is 0 Å². The van der Waals surface area contributed by atoms with Crippen molar-refractivity contribution in [3.8, 4) is 0 Å². The first-order chi connectivity index (χ1) is 14.7. The van der Waals surface area contributed by atoms with Crippen LogP contribution in [0.25, 0.3) is 0 Å². The third-order valence-corrected chi connectivity index (χ3v) is 5.08. The van der Waals surface area contributed by atoms with Gasteiger partial charge in [-0.3, -0.25) is 14.6 Å². The number of benzene rings is 1. The highest BCUT2D eigenvalue weighted by Gasteiger charge is 2.27. The van der Waals surface area contributed by atoms with Crippen LogP contribution in [-0.4, -0.2) is 65.5 Å². The van der Waals surface area contributed by atoms with Crippen LogP contribution < -0.4 is 27.8 Å². The van der Waals surface area contributed by atoms with Gasteiger partial charge in [-0.05, 0) is 43.3 Å². The first-order valence-corrected chi connectivity index (χ1v) is 11.3. The minimum absolute atomic E-state index is 0.0714. The number of nitrogens with one attached hydrogen (secondary N) is 2. The fourth-order valence-corrected chi connectivity index (χ4v) is 3.25. The smallest absolute Gasteiger partial charge is 0.326 e. The monoisotopic (exact) mass is 452 g/mol. The maximum absolute atomic E-state index is 12.7. The first kappa shape index (κ1) is 26.2. The second-order valence-corrected chi connectivity index (χ2v) is 7.97. The number of nitrogens with two attached hydrogens (primary N) is 3. The van der Waals surface area contributed by atoms with Crippen molar-refractivity contribution in [2.75, 3.05) is 18.6 Å². The predicted octanol–water partition coefficient (Wildman–Crippen LogP) is -0.583. The summed E-state index contributed by atoms with van der Waals surface area (Å²) in [5.41, 5.74) is 17.5. The zero-order valence-corrected chi connectivity index (χ0v) is 18.4. The largest absolute Gasteiger partial charge is 0.480 e. The molecule has 31 heavy (non-hydrogen) atoms. The number of amides is 2. The van der Waals surface area contributed by atoms with Gasteiger partial charge >= 0.3 is 5.97 Å². The van der Waals surface area contributed by atoms with E-state index in [-0.39, 0.29) is 25.3 Å². The average Bonchev–Trinajstić information content (AvgIpc) is 2.73. The lowest BCUT2D eigenvalue weighted by molar-refractivity contribution is -0.142. The maximum atomic E-state index is 12.7. The van der Waals surface area contributed by atoms with Gasteiger partial charge in [-0.25, -0.2) is 4.79 Å². The predicted molar refractivity (Wildman–Crippen MR) is 123 cm³/mol. The number of carboxylic acid groups (broad SMARTS) is 1. The highest BCUT2D eigenvalue weighted by Crippen LogP contribution is 2.06. The molecule has 11 heteroatoms. The molecule has 0 radical (unpaired) electrons. The van der Waals surface area contributed by atoms with Crippen LogP contribution in [0.15, 0.2) is 35.3 Å². The summed E-state index contributed by atoms with van der Waals surface area (Å²) in [4.78, 5) is 40.7. The van der Waals surface area contributed by atoms with Crippen molar-refractivity contribution in [1.82, 2.24) is 10.6 Å². The zero-order valence-electron chi connectivity index (χ0n) is 17.6. The fourth-order valence-electron chi connectivity index (χ4n) is 2.78. The number of rotatable bonds is 14. The van der Waals surface area contributed by atoms with Gasteiger partial charge in [0.1, 0.15) is 12.1 Å². The lowest BCUT2D eigenvalue weighted by Gasteiger charge is -2.23. The number of carboxylic acids is 1. The highest BCUT2D eigenvalue weighted by molar-refractivity contribution is 7.98. The van der Waals surface area contributed by atoms with Gasteiger partial charge < -0.3 is 32.9 Å². The number of thioether (sulfide) groups is 1. The van der Waals surface area contributed by atoms with Crippen molar-refractivity contribution in [3.63, 3.8) is 0 Å². The molecular formula is C20H32N6O4S. The lowest BCUT2D eigenvalue weighted by atomic mass is 10.0. The highest BCUT2D eigenvalue weighted by atomic mass is 32.2. The van der Waals surface area contributed by atoms with E-state index >= 15 is 0 Å². The van der Waals surface area contributed by atoms with Gasteiger partial charge in [0, 0.05) is 6.54 Å². The number of hydrogen-bond donors (Lipinski definition) is 6. The Bertz CT molecular complexity index is 742. The molecule has 3 unspecified atom stereocenters. The maximum Gasteiger partial charge on any atom is 0.326 e. The molecule has 0 aliphatic rings. The van der Waals surface area contributed by atoms with Crippen LogP contribution in [0.2, 0.25) is 0 Å². The van der Waals surface area contributed by atoms with Crippen molar-refractivity contribution in [2.45, 2.75) is 43.8 Å². The topological polar surface area (TPSA) is 186 Å². The van der Waals surface area contributed by atoms with Crippen LogP contribution in [0.3, 0.4) is 0 Å². The van der Waals surface area contributed by atoms with Gasteiger partial charge in [0.15, 0.2) is 5.96 Å². The molecule has 0 aromatic heterocycles. The summed E-state index contributed by atoms with van der Waals surface area (Å²) in [6.07, 6.45) is 3.06. The second-order valence-electron chi connectivity index (χ2n) is 6.99. The summed E-state index contributed by atoms with van der Waals surface area (Å²) in [7, 11) is 0. The van der Waals surface area contributed by atoms with Gasteiger partial charge in [-0.15, -0.1) is 0 Å². The van der Waals surface area contributed by atoms with Gasteiger partial charge in [0.05, 0.1) is 6.04 Å². The SMILES string of the molecule is CSCCC(NC(=O)C(CCCN=C(N)N)NC(=O)C(N)Cc1ccccc1)C(=O)O. The van der Waals surface area contributed by atoms with E-state index in [9.17, 15) is 19.5 Å². The van der Waals surface area contributed by atoms with Gasteiger partial charge in [0.2, 0.25) is 11.8 Å². The molecule has 172 valence electrons. The van der Waals surface area contributed by atoms with Gasteiger partial charge in [-0.2, -0.15) is 11.8 Å². The van der Waals surface area contributed by atoms with Crippen molar-refractivity contribution in [3.05, 3.63) is 35.9 Å². The molecule has 3 atom stereocenters. The van der Waals surface area contributed by atoms with Crippen molar-refractivity contribution in [2.24, 2.45) is 22.2 Å². The van der Waals surface area contributed by atoms with E-state index < -0.39 is 35.9 Å². The summed E-state index contributed by atoms with van der Waals surface area (Å²) in [6, 6.07) is 6.41. The zero-order chi connectivity index (χ0) is 23.2. The summed E-state index contributed by atoms with van der Waals surface area (Å²) in [6.45, 7) is 0.271. The van der Waals surface area contributed by atoms with Crippen LogP contribution in [0.1, 0.15) is 24.8 Å². The van der Waals surface area contributed by atoms with Crippen molar-refractivity contribution in [1.29, 1.82) is 0 Å². The Morgan fingerprint density at radius 1 is 1.06 bits per heavy atom. The van der Waals surface area contributed by atoms with Crippen LogP contribution in [-0.2, 0) is 20.8 Å². The molecule has 0 aliphatic carbocycles. The van der Waals surface area contributed by atoms with Crippen LogP contribution in [0.4, 0.5) is 0 Å². The Labute approximate surface area is 186 Å². The van der Waals surface area contributed by atoms with E-state index in [2.05, 4.69) is 15.6 Å². The molecule has 9 N–H and O–H groups in total. The first-order valence-electron chi connectivity index (χ1n) is 9.92. The molecule has 2 amide bonds. The average molecular weight is 453 g/mol. The molecule has 0 bridgehead atoms. The summed E-state index contributed by atoms with van der Waals surface area (Å²) < 4.78 is 0. The number of carbonyl (C=O) groups is 3. The Balaban J connectivity index is 2.80. The molecule has 1 aromatic rings. The molecule has 0 saturated carbocycles. The molecule has 1 aromatic carbocycles. The number of guanidine groups is 1. The Hall–Kier alpha value is -2.79. The van der Waals surface area contributed by atoms with Crippen LogP contribution in [0.5, 0.6) is 0 Å². The summed E-state index contributed by atoms with van der Waals surface area (Å²) in [5.74, 6) is -1.72. The third-order valence-electron chi connectivity index (χ3n) is 4.44. The normalized spacial score (nSPS) is 13.5. The Kier molecular flexibility index (Phi) is 12.1. The summed E-state index contributed by atoms with van der Waals surface area (Å²) in [5, 5.41) is 14.5.